The highest BCUT2D eigenvalue weighted by atomic mass is 16.5. The Morgan fingerprint density at radius 2 is 2.26 bits per heavy atom. The summed E-state index contributed by atoms with van der Waals surface area (Å²) in [4.78, 5) is 25.9. The molecule has 2 amide bonds. The number of hydrogen-bond donors (Lipinski definition) is 1. The van der Waals surface area contributed by atoms with E-state index in [1.807, 2.05) is 29.2 Å². The lowest BCUT2D eigenvalue weighted by Gasteiger charge is -2.16. The van der Waals surface area contributed by atoms with Crippen LogP contribution in [0, 0.1) is 5.92 Å². The van der Waals surface area contributed by atoms with E-state index in [-0.39, 0.29) is 17.7 Å². The van der Waals surface area contributed by atoms with E-state index in [9.17, 15) is 9.59 Å². The summed E-state index contributed by atoms with van der Waals surface area (Å²) in [6, 6.07) is 7.83. The standard InChI is InChI=1S/C18H26N2O3/c1-3-4-10-20-13-15(12-17(20)21)18(22)19-9-8-14-6-5-7-16(11-14)23-2/h5-7,11,15H,3-4,8-10,12-13H2,1-2H3,(H,19,22). The second-order valence-electron chi connectivity index (χ2n) is 5.99. The molecule has 23 heavy (non-hydrogen) atoms. The minimum atomic E-state index is -0.204. The second kappa shape index (κ2) is 8.56. The summed E-state index contributed by atoms with van der Waals surface area (Å²) >= 11 is 0. The molecule has 1 unspecified atom stereocenters. The molecule has 126 valence electrons. The van der Waals surface area contributed by atoms with Gasteiger partial charge in [0.15, 0.2) is 0 Å². The first-order valence-electron chi connectivity index (χ1n) is 8.32. The molecule has 1 N–H and O–H groups in total. The average molecular weight is 318 g/mol. The summed E-state index contributed by atoms with van der Waals surface area (Å²) < 4.78 is 5.19. The van der Waals surface area contributed by atoms with Gasteiger partial charge in [0, 0.05) is 26.1 Å². The van der Waals surface area contributed by atoms with Gasteiger partial charge in [0.1, 0.15) is 5.75 Å². The molecular weight excluding hydrogens is 292 g/mol. The lowest BCUT2D eigenvalue weighted by Crippen LogP contribution is -2.34. The number of ether oxygens (including phenoxy) is 1. The third-order valence-electron chi connectivity index (χ3n) is 4.21. The zero-order chi connectivity index (χ0) is 16.7. The molecule has 1 aliphatic rings. The number of carbonyl (C=O) groups excluding carboxylic acids is 2. The fourth-order valence-electron chi connectivity index (χ4n) is 2.82. The lowest BCUT2D eigenvalue weighted by atomic mass is 10.1. The Labute approximate surface area is 138 Å². The van der Waals surface area contributed by atoms with Gasteiger partial charge in [0.2, 0.25) is 11.8 Å². The summed E-state index contributed by atoms with van der Waals surface area (Å²) in [6.45, 7) is 4.00. The molecule has 0 spiro atoms. The molecule has 1 heterocycles. The van der Waals surface area contributed by atoms with Crippen LogP contribution in [0.1, 0.15) is 31.7 Å². The molecule has 0 aliphatic carbocycles. The Kier molecular flexibility index (Phi) is 6.44. The maximum atomic E-state index is 12.2. The van der Waals surface area contributed by atoms with Crippen LogP contribution in [-0.2, 0) is 16.0 Å². The third kappa shape index (κ3) is 4.98. The predicted octanol–water partition coefficient (Wildman–Crippen LogP) is 2.00. The number of likely N-dealkylation sites (tertiary alicyclic amines) is 1. The Hall–Kier alpha value is -2.04. The topological polar surface area (TPSA) is 58.6 Å². The van der Waals surface area contributed by atoms with Crippen molar-refractivity contribution in [2.45, 2.75) is 32.6 Å². The van der Waals surface area contributed by atoms with E-state index in [4.69, 9.17) is 4.74 Å². The molecule has 1 saturated heterocycles. The molecule has 2 rings (SSSR count). The van der Waals surface area contributed by atoms with Crippen LogP contribution in [0.15, 0.2) is 24.3 Å². The monoisotopic (exact) mass is 318 g/mol. The normalized spacial score (nSPS) is 17.4. The molecule has 1 aromatic rings. The van der Waals surface area contributed by atoms with Gasteiger partial charge >= 0.3 is 0 Å². The summed E-state index contributed by atoms with van der Waals surface area (Å²) in [5.41, 5.74) is 1.12. The van der Waals surface area contributed by atoms with Gasteiger partial charge in [0.25, 0.3) is 0 Å². The number of methoxy groups -OCH3 is 1. The zero-order valence-corrected chi connectivity index (χ0v) is 14.0. The molecule has 1 fully saturated rings. The Morgan fingerprint density at radius 3 is 3.00 bits per heavy atom. The van der Waals surface area contributed by atoms with Gasteiger partial charge in [-0.15, -0.1) is 0 Å². The van der Waals surface area contributed by atoms with Gasteiger partial charge in [-0.25, -0.2) is 0 Å². The van der Waals surface area contributed by atoms with Gasteiger partial charge in [-0.3, -0.25) is 9.59 Å². The molecular formula is C18H26N2O3. The number of rotatable bonds is 8. The largest absolute Gasteiger partial charge is 0.497 e. The molecule has 0 radical (unpaired) electrons. The number of nitrogens with zero attached hydrogens (tertiary/aromatic N) is 1. The minimum absolute atomic E-state index is 0.0137. The van der Waals surface area contributed by atoms with Crippen molar-refractivity contribution in [2.24, 2.45) is 5.92 Å². The fourth-order valence-corrected chi connectivity index (χ4v) is 2.82. The van der Waals surface area contributed by atoms with Gasteiger partial charge in [-0.05, 0) is 30.5 Å². The van der Waals surface area contributed by atoms with Gasteiger partial charge < -0.3 is 15.0 Å². The van der Waals surface area contributed by atoms with E-state index < -0.39 is 0 Å². The summed E-state index contributed by atoms with van der Waals surface area (Å²) in [5.74, 6) is 0.707. The summed E-state index contributed by atoms with van der Waals surface area (Å²) in [6.07, 6.45) is 3.15. The molecule has 0 saturated carbocycles. The Balaban J connectivity index is 1.75. The van der Waals surface area contributed by atoms with Crippen LogP contribution in [-0.4, -0.2) is 43.5 Å². The maximum absolute atomic E-state index is 12.2. The molecule has 1 aliphatic heterocycles. The van der Waals surface area contributed by atoms with Crippen LogP contribution in [0.3, 0.4) is 0 Å². The number of benzene rings is 1. The second-order valence-corrected chi connectivity index (χ2v) is 5.99. The summed E-state index contributed by atoms with van der Waals surface area (Å²) in [7, 11) is 1.64. The van der Waals surface area contributed by atoms with E-state index >= 15 is 0 Å². The number of hydrogen-bond acceptors (Lipinski definition) is 3. The Bertz CT molecular complexity index is 545. The highest BCUT2D eigenvalue weighted by Crippen LogP contribution is 2.18. The molecule has 5 heteroatoms. The van der Waals surface area contributed by atoms with Crippen molar-refractivity contribution in [3.05, 3.63) is 29.8 Å². The molecule has 5 nitrogen and oxygen atoms in total. The van der Waals surface area contributed by atoms with Gasteiger partial charge in [0.05, 0.1) is 13.0 Å². The van der Waals surface area contributed by atoms with Crippen molar-refractivity contribution < 1.29 is 14.3 Å². The van der Waals surface area contributed by atoms with Crippen molar-refractivity contribution in [1.29, 1.82) is 0 Å². The van der Waals surface area contributed by atoms with E-state index in [2.05, 4.69) is 12.2 Å². The average Bonchev–Trinajstić information content (AvgIpc) is 2.94. The number of amides is 2. The molecule has 1 atom stereocenters. The first-order chi connectivity index (χ1) is 11.1. The number of carbonyl (C=O) groups is 2. The number of unbranched alkanes of at least 4 members (excludes halogenated alkanes) is 1. The van der Waals surface area contributed by atoms with E-state index in [1.165, 1.54) is 0 Å². The van der Waals surface area contributed by atoms with Crippen LogP contribution in [0.5, 0.6) is 5.75 Å². The highest BCUT2D eigenvalue weighted by molar-refractivity contribution is 5.89. The molecule has 0 aromatic heterocycles. The summed E-state index contributed by atoms with van der Waals surface area (Å²) in [5, 5.41) is 2.95. The van der Waals surface area contributed by atoms with Crippen LogP contribution in [0.2, 0.25) is 0 Å². The van der Waals surface area contributed by atoms with Crippen LogP contribution >= 0.6 is 0 Å². The first kappa shape index (κ1) is 17.3. The van der Waals surface area contributed by atoms with Crippen molar-refractivity contribution in [1.82, 2.24) is 10.2 Å². The maximum Gasteiger partial charge on any atom is 0.225 e. The molecule has 0 bridgehead atoms. The van der Waals surface area contributed by atoms with Crippen LogP contribution in [0.25, 0.3) is 0 Å². The van der Waals surface area contributed by atoms with Crippen molar-refractivity contribution >= 4 is 11.8 Å². The number of nitrogens with one attached hydrogen (secondary N) is 1. The quantitative estimate of drug-likeness (QED) is 0.797. The van der Waals surface area contributed by atoms with Crippen molar-refractivity contribution in [3.63, 3.8) is 0 Å². The SMILES string of the molecule is CCCCN1CC(C(=O)NCCc2cccc(OC)c2)CC1=O. The highest BCUT2D eigenvalue weighted by Gasteiger charge is 2.33. The first-order valence-corrected chi connectivity index (χ1v) is 8.32. The zero-order valence-electron chi connectivity index (χ0n) is 14.0. The Morgan fingerprint density at radius 1 is 1.43 bits per heavy atom. The smallest absolute Gasteiger partial charge is 0.225 e. The minimum Gasteiger partial charge on any atom is -0.497 e. The third-order valence-corrected chi connectivity index (χ3v) is 4.21. The van der Waals surface area contributed by atoms with Crippen molar-refractivity contribution in [2.75, 3.05) is 26.7 Å². The van der Waals surface area contributed by atoms with Gasteiger partial charge in [-0.1, -0.05) is 25.5 Å². The van der Waals surface area contributed by atoms with E-state index in [1.54, 1.807) is 7.11 Å². The van der Waals surface area contributed by atoms with E-state index in [0.717, 1.165) is 37.1 Å². The van der Waals surface area contributed by atoms with Crippen molar-refractivity contribution in [3.8, 4) is 5.75 Å². The van der Waals surface area contributed by atoms with Crippen LogP contribution in [0.4, 0.5) is 0 Å². The lowest BCUT2D eigenvalue weighted by molar-refractivity contribution is -0.129. The predicted molar refractivity (Wildman–Crippen MR) is 89.3 cm³/mol. The molecule has 1 aromatic carbocycles. The van der Waals surface area contributed by atoms with Gasteiger partial charge in [-0.2, -0.15) is 0 Å². The fraction of sp³-hybridized carbons (Fsp3) is 0.556. The van der Waals surface area contributed by atoms with E-state index in [0.29, 0.717) is 19.5 Å². The van der Waals surface area contributed by atoms with Crippen LogP contribution < -0.4 is 10.1 Å².